The van der Waals surface area contributed by atoms with Crippen LogP contribution in [0.2, 0.25) is 5.02 Å². The number of hydrogen-bond donors (Lipinski definition) is 2. The fourth-order valence-electron chi connectivity index (χ4n) is 1.78. The van der Waals surface area contributed by atoms with Gasteiger partial charge in [0.2, 0.25) is 0 Å². The van der Waals surface area contributed by atoms with Crippen LogP contribution in [0.25, 0.3) is 0 Å². The van der Waals surface area contributed by atoms with E-state index in [1.165, 1.54) is 0 Å². The van der Waals surface area contributed by atoms with E-state index in [9.17, 15) is 5.11 Å². The molecule has 0 fully saturated rings. The van der Waals surface area contributed by atoms with Crippen LogP contribution in [-0.4, -0.2) is 16.7 Å². The SMILES string of the molecule is CCC(C)(C)N[C@@H](C)[C@H](O)c1cccc(Cl)c1. The Labute approximate surface area is 109 Å². The van der Waals surface area contributed by atoms with Gasteiger partial charge in [0.1, 0.15) is 0 Å². The van der Waals surface area contributed by atoms with E-state index in [1.807, 2.05) is 31.2 Å². The minimum Gasteiger partial charge on any atom is -0.387 e. The normalized spacial score (nSPS) is 15.6. The second kappa shape index (κ2) is 5.85. The molecule has 0 heterocycles. The Morgan fingerprint density at radius 1 is 1.41 bits per heavy atom. The van der Waals surface area contributed by atoms with Crippen LogP contribution in [0.1, 0.15) is 45.8 Å². The highest BCUT2D eigenvalue weighted by molar-refractivity contribution is 6.30. The van der Waals surface area contributed by atoms with E-state index in [0.717, 1.165) is 12.0 Å². The van der Waals surface area contributed by atoms with Crippen molar-refractivity contribution in [2.75, 3.05) is 0 Å². The number of aliphatic hydroxyl groups excluding tert-OH is 1. The van der Waals surface area contributed by atoms with Crippen molar-refractivity contribution in [2.45, 2.75) is 51.8 Å². The van der Waals surface area contributed by atoms with Crippen molar-refractivity contribution in [3.05, 3.63) is 34.9 Å². The lowest BCUT2D eigenvalue weighted by Crippen LogP contribution is -2.46. The maximum atomic E-state index is 10.3. The van der Waals surface area contributed by atoms with E-state index in [0.29, 0.717) is 5.02 Å². The van der Waals surface area contributed by atoms with Crippen LogP contribution in [0, 0.1) is 0 Å². The van der Waals surface area contributed by atoms with Crippen LogP contribution in [0.5, 0.6) is 0 Å². The van der Waals surface area contributed by atoms with Gasteiger partial charge in [-0.3, -0.25) is 0 Å². The average Bonchev–Trinajstić information content (AvgIpc) is 2.27. The van der Waals surface area contributed by atoms with E-state index in [1.54, 1.807) is 0 Å². The van der Waals surface area contributed by atoms with Crippen LogP contribution in [0.4, 0.5) is 0 Å². The van der Waals surface area contributed by atoms with Crippen LogP contribution in [-0.2, 0) is 0 Å². The number of aliphatic hydroxyl groups is 1. The van der Waals surface area contributed by atoms with Gasteiger partial charge in [-0.05, 0) is 44.9 Å². The van der Waals surface area contributed by atoms with Gasteiger partial charge in [-0.15, -0.1) is 0 Å². The summed E-state index contributed by atoms with van der Waals surface area (Å²) in [6.45, 7) is 8.39. The molecule has 1 aromatic carbocycles. The summed E-state index contributed by atoms with van der Waals surface area (Å²) < 4.78 is 0. The topological polar surface area (TPSA) is 32.3 Å². The summed E-state index contributed by atoms with van der Waals surface area (Å²) in [6.07, 6.45) is 0.471. The van der Waals surface area contributed by atoms with Crippen LogP contribution in [0.15, 0.2) is 24.3 Å². The largest absolute Gasteiger partial charge is 0.387 e. The molecule has 0 saturated heterocycles. The van der Waals surface area contributed by atoms with Crippen molar-refractivity contribution >= 4 is 11.6 Å². The zero-order chi connectivity index (χ0) is 13.1. The number of halogens is 1. The van der Waals surface area contributed by atoms with Crippen LogP contribution < -0.4 is 5.32 Å². The molecule has 2 atom stereocenters. The van der Waals surface area contributed by atoms with Crippen molar-refractivity contribution in [3.8, 4) is 0 Å². The predicted molar refractivity (Wildman–Crippen MR) is 73.4 cm³/mol. The van der Waals surface area contributed by atoms with Crippen molar-refractivity contribution in [1.29, 1.82) is 0 Å². The molecular formula is C14H22ClNO. The Balaban J connectivity index is 2.73. The monoisotopic (exact) mass is 255 g/mol. The Morgan fingerprint density at radius 3 is 2.59 bits per heavy atom. The minimum atomic E-state index is -0.542. The smallest absolute Gasteiger partial charge is 0.0940 e. The zero-order valence-corrected chi connectivity index (χ0v) is 11.8. The summed E-state index contributed by atoms with van der Waals surface area (Å²) in [6, 6.07) is 7.37. The first kappa shape index (κ1) is 14.5. The van der Waals surface area contributed by atoms with Crippen molar-refractivity contribution < 1.29 is 5.11 Å². The lowest BCUT2D eigenvalue weighted by Gasteiger charge is -2.31. The van der Waals surface area contributed by atoms with Gasteiger partial charge >= 0.3 is 0 Å². The van der Waals surface area contributed by atoms with Gasteiger partial charge in [0.25, 0.3) is 0 Å². The summed E-state index contributed by atoms with van der Waals surface area (Å²) >= 11 is 5.92. The molecule has 96 valence electrons. The summed E-state index contributed by atoms with van der Waals surface area (Å²) in [5.74, 6) is 0. The molecule has 0 aliphatic rings. The molecule has 17 heavy (non-hydrogen) atoms. The summed E-state index contributed by atoms with van der Waals surface area (Å²) in [7, 11) is 0. The highest BCUT2D eigenvalue weighted by Crippen LogP contribution is 2.22. The molecule has 0 aliphatic heterocycles. The third-order valence-electron chi connectivity index (χ3n) is 3.17. The molecule has 3 heteroatoms. The second-order valence-electron chi connectivity index (χ2n) is 5.17. The van der Waals surface area contributed by atoms with E-state index in [-0.39, 0.29) is 11.6 Å². The predicted octanol–water partition coefficient (Wildman–Crippen LogP) is 3.54. The van der Waals surface area contributed by atoms with Gasteiger partial charge in [-0.25, -0.2) is 0 Å². The maximum Gasteiger partial charge on any atom is 0.0940 e. The van der Waals surface area contributed by atoms with Gasteiger partial charge in [0, 0.05) is 16.6 Å². The van der Waals surface area contributed by atoms with E-state index in [2.05, 4.69) is 26.1 Å². The van der Waals surface area contributed by atoms with Crippen molar-refractivity contribution in [2.24, 2.45) is 0 Å². The van der Waals surface area contributed by atoms with Gasteiger partial charge in [-0.1, -0.05) is 30.7 Å². The molecule has 0 aliphatic carbocycles. The second-order valence-corrected chi connectivity index (χ2v) is 5.61. The lowest BCUT2D eigenvalue weighted by molar-refractivity contribution is 0.118. The number of hydrogen-bond acceptors (Lipinski definition) is 2. The molecule has 0 unspecified atom stereocenters. The first-order valence-corrected chi connectivity index (χ1v) is 6.45. The number of rotatable bonds is 5. The maximum absolute atomic E-state index is 10.3. The standard InChI is InChI=1S/C14H22ClNO/c1-5-14(3,4)16-10(2)13(17)11-7-6-8-12(15)9-11/h6-10,13,16-17H,5H2,1-4H3/t10-,13-/m0/s1. The van der Waals surface area contributed by atoms with Gasteiger partial charge < -0.3 is 10.4 Å². The Bertz CT molecular complexity index is 365. The third kappa shape index (κ3) is 4.30. The molecule has 2 N–H and O–H groups in total. The van der Waals surface area contributed by atoms with Gasteiger partial charge in [-0.2, -0.15) is 0 Å². The van der Waals surface area contributed by atoms with Crippen LogP contribution >= 0.6 is 11.6 Å². The molecule has 2 nitrogen and oxygen atoms in total. The fraction of sp³-hybridized carbons (Fsp3) is 0.571. The van der Waals surface area contributed by atoms with Gasteiger partial charge in [0.15, 0.2) is 0 Å². The molecule has 0 amide bonds. The van der Waals surface area contributed by atoms with E-state index >= 15 is 0 Å². The highest BCUT2D eigenvalue weighted by Gasteiger charge is 2.23. The minimum absolute atomic E-state index is 0.0107. The first-order valence-electron chi connectivity index (χ1n) is 6.07. The van der Waals surface area contributed by atoms with E-state index < -0.39 is 6.10 Å². The lowest BCUT2D eigenvalue weighted by atomic mass is 9.97. The Kier molecular flexibility index (Phi) is 4.99. The fourth-order valence-corrected chi connectivity index (χ4v) is 1.98. The summed E-state index contributed by atoms with van der Waals surface area (Å²) in [5, 5.41) is 14.3. The van der Waals surface area contributed by atoms with Gasteiger partial charge in [0.05, 0.1) is 6.10 Å². The molecule has 0 aromatic heterocycles. The molecule has 0 radical (unpaired) electrons. The molecule has 0 spiro atoms. The number of benzene rings is 1. The molecule has 1 rings (SSSR count). The van der Waals surface area contributed by atoms with Crippen molar-refractivity contribution in [3.63, 3.8) is 0 Å². The highest BCUT2D eigenvalue weighted by atomic mass is 35.5. The summed E-state index contributed by atoms with van der Waals surface area (Å²) in [5.41, 5.74) is 0.878. The molecular weight excluding hydrogens is 234 g/mol. The zero-order valence-electron chi connectivity index (χ0n) is 11.0. The Hall–Kier alpha value is -0.570. The van der Waals surface area contributed by atoms with Crippen LogP contribution in [0.3, 0.4) is 0 Å². The first-order chi connectivity index (χ1) is 7.85. The Morgan fingerprint density at radius 2 is 2.06 bits per heavy atom. The van der Waals surface area contributed by atoms with Crippen molar-refractivity contribution in [1.82, 2.24) is 5.32 Å². The quantitative estimate of drug-likeness (QED) is 0.844. The average molecular weight is 256 g/mol. The third-order valence-corrected chi connectivity index (χ3v) is 3.40. The molecule has 1 aromatic rings. The molecule has 0 bridgehead atoms. The number of nitrogens with one attached hydrogen (secondary N) is 1. The summed E-state index contributed by atoms with van der Waals surface area (Å²) in [4.78, 5) is 0. The molecule has 0 saturated carbocycles. The van der Waals surface area contributed by atoms with E-state index in [4.69, 9.17) is 11.6 Å².